The molecule has 3 heterocycles. The predicted molar refractivity (Wildman–Crippen MR) is 134 cm³/mol. The Morgan fingerprint density at radius 2 is 1.97 bits per heavy atom. The van der Waals surface area contributed by atoms with E-state index in [1.807, 2.05) is 50.4 Å². The largest absolute Gasteiger partial charge is 0.467 e. The van der Waals surface area contributed by atoms with Crippen LogP contribution in [-0.2, 0) is 39.0 Å². The molecule has 4 aromatic rings. The first-order valence-corrected chi connectivity index (χ1v) is 12.1. The van der Waals surface area contributed by atoms with E-state index in [0.717, 1.165) is 58.4 Å². The van der Waals surface area contributed by atoms with Gasteiger partial charge in [-0.2, -0.15) is 5.10 Å². The van der Waals surface area contributed by atoms with Crippen LogP contribution in [0.5, 0.6) is 0 Å². The number of aromatic amines is 2. The SMILES string of the molecule is COC(=O)[C@@H](Cc1ccccc1)N1C(=O)C(C)(C)c2cc3[nH]c4c(c3cc21)CCCc1cn[nH]c1-4. The molecule has 7 heteroatoms. The smallest absolute Gasteiger partial charge is 0.329 e. The number of benzene rings is 2. The standard InChI is InChI=1S/C28H28N4O3/c1-28(2)20-14-21-19(18-11-7-10-17-15-29-31-24(17)25(18)30-21)13-22(20)32(27(28)34)23(26(33)35-3)12-16-8-5-4-6-9-16/h4-6,8-9,13-15,23,30H,7,10-12H2,1-3H3,(H,29,31)/t23-/m1/s1. The minimum Gasteiger partial charge on any atom is -0.467 e. The second-order valence-electron chi connectivity index (χ2n) is 10.0. The zero-order chi connectivity index (χ0) is 24.3. The van der Waals surface area contributed by atoms with Crippen molar-refractivity contribution in [3.8, 4) is 11.4 Å². The van der Waals surface area contributed by atoms with Gasteiger partial charge in [-0.15, -0.1) is 0 Å². The summed E-state index contributed by atoms with van der Waals surface area (Å²) in [7, 11) is 1.38. The number of fused-ring (bicyclic) bond motifs is 6. The third kappa shape index (κ3) is 3.21. The van der Waals surface area contributed by atoms with Crippen molar-refractivity contribution in [2.45, 2.75) is 51.0 Å². The van der Waals surface area contributed by atoms with Crippen LogP contribution in [-0.4, -0.2) is 40.2 Å². The zero-order valence-electron chi connectivity index (χ0n) is 20.1. The van der Waals surface area contributed by atoms with Gasteiger partial charge in [-0.1, -0.05) is 30.3 Å². The molecule has 2 aliphatic rings. The lowest BCUT2D eigenvalue weighted by Gasteiger charge is -2.28. The van der Waals surface area contributed by atoms with Gasteiger partial charge in [-0.3, -0.25) is 14.8 Å². The fourth-order valence-corrected chi connectivity index (χ4v) is 5.72. The first-order chi connectivity index (χ1) is 16.9. The molecule has 1 amide bonds. The van der Waals surface area contributed by atoms with Crippen LogP contribution in [0.15, 0.2) is 48.7 Å². The van der Waals surface area contributed by atoms with Crippen LogP contribution in [0.4, 0.5) is 5.69 Å². The van der Waals surface area contributed by atoms with Crippen LogP contribution in [0.3, 0.4) is 0 Å². The average Bonchev–Trinajstić information content (AvgIpc) is 3.48. The Labute approximate surface area is 203 Å². The fraction of sp³-hybridized carbons (Fsp3) is 0.321. The maximum absolute atomic E-state index is 13.8. The van der Waals surface area contributed by atoms with Crippen molar-refractivity contribution in [2.24, 2.45) is 0 Å². The van der Waals surface area contributed by atoms with E-state index >= 15 is 0 Å². The molecule has 2 N–H and O–H groups in total. The normalized spacial score (nSPS) is 17.0. The summed E-state index contributed by atoms with van der Waals surface area (Å²) in [6.45, 7) is 3.86. The van der Waals surface area contributed by atoms with E-state index in [2.05, 4.69) is 27.3 Å². The Hall–Kier alpha value is -3.87. The van der Waals surface area contributed by atoms with Crippen molar-refractivity contribution >= 4 is 28.5 Å². The van der Waals surface area contributed by atoms with Gasteiger partial charge in [0, 0.05) is 23.0 Å². The first-order valence-electron chi connectivity index (χ1n) is 12.1. The number of ether oxygens (including phenoxy) is 1. The van der Waals surface area contributed by atoms with Gasteiger partial charge in [-0.25, -0.2) is 4.79 Å². The van der Waals surface area contributed by atoms with Crippen molar-refractivity contribution in [3.05, 3.63) is 70.9 Å². The highest BCUT2D eigenvalue weighted by atomic mass is 16.5. The van der Waals surface area contributed by atoms with E-state index in [9.17, 15) is 9.59 Å². The highest BCUT2D eigenvalue weighted by Gasteiger charge is 2.49. The van der Waals surface area contributed by atoms with E-state index in [-0.39, 0.29) is 5.91 Å². The molecule has 6 rings (SSSR count). The number of H-pyrrole nitrogens is 2. The monoisotopic (exact) mass is 468 g/mol. The Bertz CT molecular complexity index is 1460. The van der Waals surface area contributed by atoms with Gasteiger partial charge in [0.25, 0.3) is 0 Å². The quantitative estimate of drug-likeness (QED) is 0.433. The minimum absolute atomic E-state index is 0.0894. The van der Waals surface area contributed by atoms with Crippen LogP contribution >= 0.6 is 0 Å². The number of amides is 1. The highest BCUT2D eigenvalue weighted by molar-refractivity contribution is 6.13. The summed E-state index contributed by atoms with van der Waals surface area (Å²) in [5.74, 6) is -0.505. The van der Waals surface area contributed by atoms with Crippen molar-refractivity contribution in [2.75, 3.05) is 12.0 Å². The number of carbonyl (C=O) groups is 2. The fourth-order valence-electron chi connectivity index (χ4n) is 5.72. The van der Waals surface area contributed by atoms with Crippen LogP contribution in [0.25, 0.3) is 22.3 Å². The molecule has 178 valence electrons. The topological polar surface area (TPSA) is 91.1 Å². The van der Waals surface area contributed by atoms with Gasteiger partial charge in [0.2, 0.25) is 5.91 Å². The van der Waals surface area contributed by atoms with Crippen molar-refractivity contribution in [1.82, 2.24) is 15.2 Å². The Kier molecular flexibility index (Phi) is 4.85. The second-order valence-corrected chi connectivity index (χ2v) is 10.0. The summed E-state index contributed by atoms with van der Waals surface area (Å²) >= 11 is 0. The van der Waals surface area contributed by atoms with E-state index in [0.29, 0.717) is 6.42 Å². The summed E-state index contributed by atoms with van der Waals surface area (Å²) in [6.07, 6.45) is 5.22. The Morgan fingerprint density at radius 1 is 1.17 bits per heavy atom. The predicted octanol–water partition coefficient (Wildman–Crippen LogP) is 4.46. The molecule has 0 spiro atoms. The van der Waals surface area contributed by atoms with E-state index in [1.165, 1.54) is 18.2 Å². The molecule has 2 aromatic heterocycles. The first kappa shape index (κ1) is 21.6. The number of esters is 1. The number of carbonyl (C=O) groups excluding carboxylic acids is 2. The zero-order valence-corrected chi connectivity index (χ0v) is 20.1. The number of nitrogens with one attached hydrogen (secondary N) is 2. The summed E-state index contributed by atoms with van der Waals surface area (Å²) in [5, 5.41) is 8.51. The highest BCUT2D eigenvalue weighted by Crippen LogP contribution is 2.47. The lowest BCUT2D eigenvalue weighted by molar-refractivity contribution is -0.143. The molecule has 0 radical (unpaired) electrons. The summed E-state index contributed by atoms with van der Waals surface area (Å²) in [5.41, 5.74) is 7.45. The van der Waals surface area contributed by atoms with Gasteiger partial charge in [0.15, 0.2) is 0 Å². The number of hydrogen-bond acceptors (Lipinski definition) is 4. The van der Waals surface area contributed by atoms with Gasteiger partial charge < -0.3 is 9.72 Å². The number of anilines is 1. The van der Waals surface area contributed by atoms with Gasteiger partial charge >= 0.3 is 5.97 Å². The lowest BCUT2D eigenvalue weighted by atomic mass is 9.85. The maximum Gasteiger partial charge on any atom is 0.329 e. The molecule has 1 aliphatic heterocycles. The van der Waals surface area contributed by atoms with Gasteiger partial charge in [0.05, 0.1) is 30.1 Å². The molecule has 2 aromatic carbocycles. The third-order valence-electron chi connectivity index (χ3n) is 7.61. The molecular formula is C28H28N4O3. The Balaban J connectivity index is 1.53. The molecule has 35 heavy (non-hydrogen) atoms. The molecule has 0 saturated carbocycles. The van der Waals surface area contributed by atoms with Gasteiger partial charge in [-0.05, 0) is 67.5 Å². The van der Waals surface area contributed by atoms with E-state index in [1.54, 1.807) is 4.90 Å². The molecule has 0 unspecified atom stereocenters. The van der Waals surface area contributed by atoms with Crippen molar-refractivity contribution in [3.63, 3.8) is 0 Å². The average molecular weight is 469 g/mol. The lowest BCUT2D eigenvalue weighted by Crippen LogP contribution is -2.48. The van der Waals surface area contributed by atoms with E-state index < -0.39 is 17.4 Å². The number of hydrogen-bond donors (Lipinski definition) is 2. The number of methoxy groups -OCH3 is 1. The maximum atomic E-state index is 13.8. The van der Waals surface area contributed by atoms with E-state index in [4.69, 9.17) is 4.74 Å². The number of aromatic nitrogens is 3. The van der Waals surface area contributed by atoms with Crippen molar-refractivity contribution < 1.29 is 14.3 Å². The summed E-state index contributed by atoms with van der Waals surface area (Å²) in [4.78, 5) is 32.1. The van der Waals surface area contributed by atoms with Gasteiger partial charge in [0.1, 0.15) is 6.04 Å². The molecule has 7 nitrogen and oxygen atoms in total. The molecular weight excluding hydrogens is 440 g/mol. The number of rotatable bonds is 4. The van der Waals surface area contributed by atoms with Crippen LogP contribution < -0.4 is 4.90 Å². The Morgan fingerprint density at radius 3 is 2.74 bits per heavy atom. The van der Waals surface area contributed by atoms with Crippen LogP contribution in [0.1, 0.15) is 42.5 Å². The number of nitrogens with zero attached hydrogens (tertiary/aromatic N) is 2. The second kappa shape index (κ2) is 7.83. The third-order valence-corrected chi connectivity index (χ3v) is 7.61. The molecule has 0 bridgehead atoms. The summed E-state index contributed by atoms with van der Waals surface area (Å²) < 4.78 is 5.19. The van der Waals surface area contributed by atoms with Crippen molar-refractivity contribution in [1.29, 1.82) is 0 Å². The molecule has 0 saturated heterocycles. The van der Waals surface area contributed by atoms with Crippen LogP contribution in [0.2, 0.25) is 0 Å². The molecule has 1 atom stereocenters. The number of aryl methyl sites for hydroxylation is 2. The minimum atomic E-state index is -0.770. The molecule has 1 aliphatic carbocycles. The molecule has 0 fully saturated rings. The summed E-state index contributed by atoms with van der Waals surface area (Å²) in [6, 6.07) is 13.2. The van der Waals surface area contributed by atoms with Crippen LogP contribution in [0, 0.1) is 0 Å².